The Hall–Kier alpha value is -1.35. The predicted molar refractivity (Wildman–Crippen MR) is 94.6 cm³/mol. The fraction of sp³-hybridized carbons (Fsp3) is 0.667. The predicted octanol–water partition coefficient (Wildman–Crippen LogP) is 3.33. The molecule has 1 spiro atoms. The van der Waals surface area contributed by atoms with Crippen molar-refractivity contribution in [1.82, 2.24) is 4.90 Å². The van der Waals surface area contributed by atoms with Crippen LogP contribution in [-0.4, -0.2) is 34.6 Å². The Labute approximate surface area is 145 Å². The summed E-state index contributed by atoms with van der Waals surface area (Å²) in [4.78, 5) is 14.5. The average molecular weight is 327 g/mol. The van der Waals surface area contributed by atoms with Crippen molar-refractivity contribution in [3.8, 4) is 0 Å². The van der Waals surface area contributed by atoms with E-state index in [0.717, 1.165) is 19.0 Å². The molecular formula is C21H29NO2. The second-order valence-corrected chi connectivity index (χ2v) is 9.10. The van der Waals surface area contributed by atoms with E-state index in [0.29, 0.717) is 18.3 Å². The maximum Gasteiger partial charge on any atom is 0.225 e. The molecule has 3 nitrogen and oxygen atoms in total. The molecule has 1 aromatic carbocycles. The maximum absolute atomic E-state index is 12.5. The van der Waals surface area contributed by atoms with Gasteiger partial charge in [-0.05, 0) is 63.9 Å². The topological polar surface area (TPSA) is 40.5 Å². The summed E-state index contributed by atoms with van der Waals surface area (Å²) in [5.74, 6) is 1.13. The van der Waals surface area contributed by atoms with Crippen molar-refractivity contribution in [2.45, 2.75) is 58.0 Å². The van der Waals surface area contributed by atoms with Gasteiger partial charge in [0.2, 0.25) is 5.91 Å². The molecule has 0 radical (unpaired) electrons. The number of aliphatic hydroxyl groups is 1. The molecule has 0 unspecified atom stereocenters. The van der Waals surface area contributed by atoms with Gasteiger partial charge in [0.1, 0.15) is 0 Å². The highest BCUT2D eigenvalue weighted by atomic mass is 16.3. The zero-order valence-electron chi connectivity index (χ0n) is 14.9. The normalized spacial score (nSPS) is 34.0. The third kappa shape index (κ3) is 2.99. The molecule has 0 aromatic heterocycles. The smallest absolute Gasteiger partial charge is 0.225 e. The summed E-state index contributed by atoms with van der Waals surface area (Å²) in [7, 11) is 0. The minimum Gasteiger partial charge on any atom is -0.390 e. The van der Waals surface area contributed by atoms with Gasteiger partial charge in [0.05, 0.1) is 5.60 Å². The number of aryl methyl sites for hydroxylation is 1. The van der Waals surface area contributed by atoms with Crippen LogP contribution in [0.2, 0.25) is 0 Å². The first-order valence-corrected chi connectivity index (χ1v) is 9.41. The minimum absolute atomic E-state index is 0.0712. The average Bonchev–Trinajstić information content (AvgIpc) is 2.86. The van der Waals surface area contributed by atoms with Crippen molar-refractivity contribution in [1.29, 1.82) is 0 Å². The number of rotatable bonds is 3. The Balaban J connectivity index is 1.28. The number of carbonyl (C=O) groups excluding carboxylic acids is 1. The van der Waals surface area contributed by atoms with E-state index in [1.165, 1.54) is 36.8 Å². The molecule has 1 atom stereocenters. The first-order valence-electron chi connectivity index (χ1n) is 9.41. The molecule has 0 bridgehead atoms. The molecule has 3 fully saturated rings. The minimum atomic E-state index is -0.602. The van der Waals surface area contributed by atoms with Crippen molar-refractivity contribution >= 4 is 5.91 Å². The van der Waals surface area contributed by atoms with Gasteiger partial charge in [0.15, 0.2) is 0 Å². The first kappa shape index (κ1) is 16.1. The second-order valence-electron chi connectivity index (χ2n) is 9.10. The maximum atomic E-state index is 12.5. The van der Waals surface area contributed by atoms with E-state index in [1.807, 2.05) is 6.92 Å². The zero-order valence-corrected chi connectivity index (χ0v) is 14.9. The number of amides is 1. The van der Waals surface area contributed by atoms with Crippen molar-refractivity contribution in [2.24, 2.45) is 17.3 Å². The van der Waals surface area contributed by atoms with Gasteiger partial charge in [-0.3, -0.25) is 4.79 Å². The van der Waals surface area contributed by atoms with Crippen LogP contribution in [0.4, 0.5) is 0 Å². The van der Waals surface area contributed by atoms with Gasteiger partial charge in [-0.2, -0.15) is 0 Å². The van der Waals surface area contributed by atoms with E-state index in [4.69, 9.17) is 0 Å². The lowest BCUT2D eigenvalue weighted by Gasteiger charge is -2.52. The van der Waals surface area contributed by atoms with Crippen LogP contribution in [0.3, 0.4) is 0 Å². The quantitative estimate of drug-likeness (QED) is 0.925. The summed E-state index contributed by atoms with van der Waals surface area (Å²) in [6.07, 6.45) is 6.32. The van der Waals surface area contributed by atoms with E-state index < -0.39 is 5.60 Å². The highest BCUT2D eigenvalue weighted by molar-refractivity contribution is 5.81. The molecule has 3 heteroatoms. The molecule has 1 amide bonds. The van der Waals surface area contributed by atoms with Gasteiger partial charge in [-0.15, -0.1) is 0 Å². The van der Waals surface area contributed by atoms with Crippen LogP contribution in [-0.2, 0) is 11.2 Å². The summed E-state index contributed by atoms with van der Waals surface area (Å²) < 4.78 is 0. The summed E-state index contributed by atoms with van der Waals surface area (Å²) >= 11 is 0. The van der Waals surface area contributed by atoms with Crippen molar-refractivity contribution in [2.75, 3.05) is 13.1 Å². The number of hydrogen-bond donors (Lipinski definition) is 1. The standard InChI is InChI=1S/C21H29NO2/c1-15-4-3-5-16(8-15)9-17-6-7-21(10-17)13-22(14-21)19(23)18-11-20(2,24)12-18/h3-5,8,17-18,24H,6-7,9-14H2,1-2H3/t17-,18?,20?/m1/s1. The van der Waals surface area contributed by atoms with E-state index in [-0.39, 0.29) is 11.8 Å². The summed E-state index contributed by atoms with van der Waals surface area (Å²) in [5.41, 5.74) is 2.60. The molecule has 24 heavy (non-hydrogen) atoms. The summed E-state index contributed by atoms with van der Waals surface area (Å²) in [5, 5.41) is 9.83. The number of nitrogens with zero attached hydrogens (tertiary/aromatic N) is 1. The monoisotopic (exact) mass is 327 g/mol. The number of carbonyl (C=O) groups is 1. The molecule has 2 aliphatic carbocycles. The van der Waals surface area contributed by atoms with Crippen LogP contribution in [0.15, 0.2) is 24.3 Å². The van der Waals surface area contributed by atoms with E-state index in [2.05, 4.69) is 36.1 Å². The fourth-order valence-electron chi connectivity index (χ4n) is 5.31. The lowest BCUT2D eigenvalue weighted by Crippen LogP contribution is -2.61. The Kier molecular flexibility index (Phi) is 3.76. The highest BCUT2D eigenvalue weighted by Gasteiger charge is 2.52. The van der Waals surface area contributed by atoms with Crippen LogP contribution >= 0.6 is 0 Å². The van der Waals surface area contributed by atoms with Gasteiger partial charge in [0, 0.05) is 24.4 Å². The summed E-state index contributed by atoms with van der Waals surface area (Å²) in [6, 6.07) is 8.88. The molecule has 1 aliphatic heterocycles. The van der Waals surface area contributed by atoms with Gasteiger partial charge >= 0.3 is 0 Å². The Bertz CT molecular complexity index is 637. The zero-order chi connectivity index (χ0) is 16.9. The van der Waals surface area contributed by atoms with Crippen LogP contribution in [0, 0.1) is 24.2 Å². The second kappa shape index (κ2) is 5.59. The molecule has 2 saturated carbocycles. The lowest BCUT2D eigenvalue weighted by molar-refractivity contribution is -0.161. The van der Waals surface area contributed by atoms with Crippen molar-refractivity contribution in [3.05, 3.63) is 35.4 Å². The van der Waals surface area contributed by atoms with E-state index in [1.54, 1.807) is 0 Å². The number of hydrogen-bond acceptors (Lipinski definition) is 2. The van der Waals surface area contributed by atoms with Crippen molar-refractivity contribution < 1.29 is 9.90 Å². The Morgan fingerprint density at radius 2 is 2.04 bits per heavy atom. The van der Waals surface area contributed by atoms with Crippen LogP contribution in [0.25, 0.3) is 0 Å². The molecule has 4 rings (SSSR count). The SMILES string of the molecule is Cc1cccc(C[C@H]2CCC3(C2)CN(C(=O)C2CC(C)(O)C2)C3)c1. The third-order valence-electron chi connectivity index (χ3n) is 6.50. The van der Waals surface area contributed by atoms with Crippen molar-refractivity contribution in [3.63, 3.8) is 0 Å². The molecule has 1 N–H and O–H groups in total. The number of likely N-dealkylation sites (tertiary alicyclic amines) is 1. The molecule has 1 aromatic rings. The fourth-order valence-corrected chi connectivity index (χ4v) is 5.31. The Morgan fingerprint density at radius 3 is 2.71 bits per heavy atom. The Morgan fingerprint density at radius 1 is 1.29 bits per heavy atom. The van der Waals surface area contributed by atoms with Gasteiger partial charge in [0.25, 0.3) is 0 Å². The molecule has 3 aliphatic rings. The van der Waals surface area contributed by atoms with Gasteiger partial charge < -0.3 is 10.0 Å². The molecule has 130 valence electrons. The van der Waals surface area contributed by atoms with Crippen LogP contribution in [0.1, 0.15) is 50.2 Å². The summed E-state index contributed by atoms with van der Waals surface area (Å²) in [6.45, 7) is 5.90. The molecule has 1 heterocycles. The highest BCUT2D eigenvalue weighted by Crippen LogP contribution is 2.50. The van der Waals surface area contributed by atoms with E-state index >= 15 is 0 Å². The van der Waals surface area contributed by atoms with Crippen LogP contribution in [0.5, 0.6) is 0 Å². The van der Waals surface area contributed by atoms with Crippen LogP contribution < -0.4 is 0 Å². The third-order valence-corrected chi connectivity index (χ3v) is 6.50. The largest absolute Gasteiger partial charge is 0.390 e. The van der Waals surface area contributed by atoms with Gasteiger partial charge in [-0.25, -0.2) is 0 Å². The van der Waals surface area contributed by atoms with E-state index in [9.17, 15) is 9.90 Å². The van der Waals surface area contributed by atoms with Gasteiger partial charge in [-0.1, -0.05) is 29.8 Å². The lowest BCUT2D eigenvalue weighted by atomic mass is 9.69. The number of benzene rings is 1. The first-order chi connectivity index (χ1) is 11.3. The molecule has 1 saturated heterocycles. The molecular weight excluding hydrogens is 298 g/mol.